The summed E-state index contributed by atoms with van der Waals surface area (Å²) in [5.74, 6) is -0.117. The molecule has 0 spiro atoms. The Bertz CT molecular complexity index is 672. The van der Waals surface area contributed by atoms with Crippen LogP contribution in [-0.2, 0) is 0 Å². The average molecular weight is 345 g/mol. The summed E-state index contributed by atoms with van der Waals surface area (Å²) in [5, 5.41) is 3.69. The lowest BCUT2D eigenvalue weighted by atomic mass is 10.2. The van der Waals surface area contributed by atoms with Crippen LogP contribution in [0.1, 0.15) is 10.5 Å². The van der Waals surface area contributed by atoms with Gasteiger partial charge in [-0.05, 0) is 30.3 Å². The van der Waals surface area contributed by atoms with Crippen LogP contribution in [0.2, 0.25) is 5.02 Å². The first-order chi connectivity index (χ1) is 11.7. The van der Waals surface area contributed by atoms with Crippen LogP contribution in [0.3, 0.4) is 0 Å². The molecule has 1 amide bonds. The molecule has 24 heavy (non-hydrogen) atoms. The van der Waals surface area contributed by atoms with Crippen molar-refractivity contribution in [3.05, 3.63) is 59.4 Å². The van der Waals surface area contributed by atoms with Crippen molar-refractivity contribution in [2.45, 2.75) is 0 Å². The molecule has 0 aliphatic carbocycles. The first kappa shape index (κ1) is 16.7. The Morgan fingerprint density at radius 1 is 1.12 bits per heavy atom. The highest BCUT2D eigenvalue weighted by atomic mass is 35.5. The molecule has 2 heterocycles. The number of piperazine rings is 1. The lowest BCUT2D eigenvalue weighted by Gasteiger charge is -2.36. The van der Waals surface area contributed by atoms with Gasteiger partial charge < -0.3 is 10.2 Å². The minimum atomic E-state index is -0.117. The van der Waals surface area contributed by atoms with E-state index >= 15 is 0 Å². The number of nitrogens with zero attached hydrogens (tertiary/aromatic N) is 3. The third-order valence-electron chi connectivity index (χ3n) is 4.16. The molecule has 3 rings (SSSR count). The van der Waals surface area contributed by atoms with E-state index in [0.29, 0.717) is 12.2 Å². The van der Waals surface area contributed by atoms with Gasteiger partial charge in [-0.25, -0.2) is 0 Å². The zero-order chi connectivity index (χ0) is 16.8. The molecule has 6 heteroatoms. The summed E-state index contributed by atoms with van der Waals surface area (Å²) in [6, 6.07) is 13.3. The summed E-state index contributed by atoms with van der Waals surface area (Å²) in [6.07, 6.45) is 1.63. The zero-order valence-electron chi connectivity index (χ0n) is 13.5. The van der Waals surface area contributed by atoms with Gasteiger partial charge in [0.1, 0.15) is 5.69 Å². The van der Waals surface area contributed by atoms with Crippen LogP contribution in [0, 0.1) is 0 Å². The van der Waals surface area contributed by atoms with E-state index in [9.17, 15) is 4.79 Å². The second-order valence-corrected chi connectivity index (χ2v) is 6.22. The van der Waals surface area contributed by atoms with Gasteiger partial charge in [-0.15, -0.1) is 0 Å². The van der Waals surface area contributed by atoms with Crippen molar-refractivity contribution in [3.63, 3.8) is 0 Å². The number of hydrogen-bond donors (Lipinski definition) is 1. The summed E-state index contributed by atoms with van der Waals surface area (Å²) in [6.45, 7) is 5.37. The van der Waals surface area contributed by atoms with Crippen LogP contribution in [0.4, 0.5) is 5.69 Å². The van der Waals surface area contributed by atoms with Crippen molar-refractivity contribution in [2.75, 3.05) is 44.2 Å². The molecule has 5 nitrogen and oxygen atoms in total. The largest absolute Gasteiger partial charge is 0.369 e. The van der Waals surface area contributed by atoms with Crippen LogP contribution in [-0.4, -0.2) is 55.1 Å². The molecule has 2 aromatic rings. The number of rotatable bonds is 5. The van der Waals surface area contributed by atoms with Gasteiger partial charge in [0.05, 0.1) is 0 Å². The maximum absolute atomic E-state index is 11.9. The van der Waals surface area contributed by atoms with E-state index in [1.165, 1.54) is 5.69 Å². The molecule has 0 saturated carbocycles. The summed E-state index contributed by atoms with van der Waals surface area (Å²) in [5.41, 5.74) is 1.63. The molecule has 1 fully saturated rings. The third-order valence-corrected chi connectivity index (χ3v) is 4.39. The lowest BCUT2D eigenvalue weighted by molar-refractivity contribution is 0.0943. The van der Waals surface area contributed by atoms with Crippen LogP contribution in [0.5, 0.6) is 0 Å². The van der Waals surface area contributed by atoms with Gasteiger partial charge in [0.25, 0.3) is 5.91 Å². The van der Waals surface area contributed by atoms with Gasteiger partial charge in [0.15, 0.2) is 0 Å². The van der Waals surface area contributed by atoms with Crippen LogP contribution >= 0.6 is 11.6 Å². The molecule has 0 unspecified atom stereocenters. The molecule has 1 aliphatic heterocycles. The quantitative estimate of drug-likeness (QED) is 0.904. The molecular formula is C18H21ClN4O. The van der Waals surface area contributed by atoms with Gasteiger partial charge in [0, 0.05) is 56.2 Å². The number of aromatic nitrogens is 1. The zero-order valence-corrected chi connectivity index (χ0v) is 14.2. The number of benzene rings is 1. The smallest absolute Gasteiger partial charge is 0.269 e. The van der Waals surface area contributed by atoms with Gasteiger partial charge in [-0.3, -0.25) is 14.7 Å². The minimum absolute atomic E-state index is 0.117. The topological polar surface area (TPSA) is 48.5 Å². The van der Waals surface area contributed by atoms with Crippen LogP contribution in [0.25, 0.3) is 0 Å². The maximum atomic E-state index is 11.9. The van der Waals surface area contributed by atoms with Crippen molar-refractivity contribution < 1.29 is 4.79 Å². The van der Waals surface area contributed by atoms with E-state index in [1.54, 1.807) is 18.3 Å². The fourth-order valence-corrected chi connectivity index (χ4v) is 3.00. The highest BCUT2D eigenvalue weighted by Gasteiger charge is 2.17. The first-order valence-corrected chi connectivity index (χ1v) is 8.52. The van der Waals surface area contributed by atoms with Crippen molar-refractivity contribution >= 4 is 23.2 Å². The number of carbonyl (C=O) groups excluding carboxylic acids is 1. The normalized spacial score (nSPS) is 15.3. The van der Waals surface area contributed by atoms with E-state index < -0.39 is 0 Å². The predicted octanol–water partition coefficient (Wildman–Crippen LogP) is 2.29. The van der Waals surface area contributed by atoms with E-state index in [-0.39, 0.29) is 5.91 Å². The number of anilines is 1. The fraction of sp³-hybridized carbons (Fsp3) is 0.333. The molecule has 1 aromatic carbocycles. The maximum Gasteiger partial charge on any atom is 0.269 e. The van der Waals surface area contributed by atoms with Crippen molar-refractivity contribution in [1.29, 1.82) is 0 Å². The summed E-state index contributed by atoms with van der Waals surface area (Å²) < 4.78 is 0. The molecule has 126 valence electrons. The molecule has 1 aliphatic rings. The van der Waals surface area contributed by atoms with Crippen molar-refractivity contribution in [1.82, 2.24) is 15.2 Å². The third kappa shape index (κ3) is 4.46. The number of pyridine rings is 1. The standard InChI is InChI=1S/C18H21ClN4O/c19-15-4-3-5-16(14-15)23-12-10-22(11-13-23)9-8-21-18(24)17-6-1-2-7-20-17/h1-7,14H,8-13H2,(H,21,24). The Balaban J connectivity index is 1.40. The minimum Gasteiger partial charge on any atom is -0.369 e. The molecule has 1 aromatic heterocycles. The average Bonchev–Trinajstić information content (AvgIpc) is 2.63. The van der Waals surface area contributed by atoms with E-state index in [1.807, 2.05) is 24.3 Å². The summed E-state index contributed by atoms with van der Waals surface area (Å²) >= 11 is 6.06. The number of halogens is 1. The van der Waals surface area contributed by atoms with Crippen LogP contribution < -0.4 is 10.2 Å². The highest BCUT2D eigenvalue weighted by Crippen LogP contribution is 2.20. The predicted molar refractivity (Wildman–Crippen MR) is 96.7 cm³/mol. The molecule has 1 saturated heterocycles. The Morgan fingerprint density at radius 3 is 2.67 bits per heavy atom. The fourth-order valence-electron chi connectivity index (χ4n) is 2.82. The lowest BCUT2D eigenvalue weighted by Crippen LogP contribution is -2.48. The molecule has 0 bridgehead atoms. The highest BCUT2D eigenvalue weighted by molar-refractivity contribution is 6.30. The Morgan fingerprint density at radius 2 is 1.96 bits per heavy atom. The van der Waals surface area contributed by atoms with Gasteiger partial charge in [0.2, 0.25) is 0 Å². The van der Waals surface area contributed by atoms with Gasteiger partial charge in [-0.1, -0.05) is 23.7 Å². The number of hydrogen-bond acceptors (Lipinski definition) is 4. The monoisotopic (exact) mass is 344 g/mol. The number of nitrogens with one attached hydrogen (secondary N) is 1. The van der Waals surface area contributed by atoms with Gasteiger partial charge >= 0.3 is 0 Å². The van der Waals surface area contributed by atoms with Crippen LogP contribution in [0.15, 0.2) is 48.7 Å². The van der Waals surface area contributed by atoms with E-state index in [4.69, 9.17) is 11.6 Å². The Hall–Kier alpha value is -2.11. The summed E-state index contributed by atoms with van der Waals surface area (Å²) in [7, 11) is 0. The Labute approximate surface area is 147 Å². The molecular weight excluding hydrogens is 324 g/mol. The molecule has 1 N–H and O–H groups in total. The van der Waals surface area contributed by atoms with E-state index in [2.05, 4.69) is 26.2 Å². The van der Waals surface area contributed by atoms with Crippen molar-refractivity contribution in [3.8, 4) is 0 Å². The van der Waals surface area contributed by atoms with E-state index in [0.717, 1.165) is 37.7 Å². The Kier molecular flexibility index (Phi) is 5.67. The summed E-state index contributed by atoms with van der Waals surface area (Å²) in [4.78, 5) is 20.7. The number of amides is 1. The first-order valence-electron chi connectivity index (χ1n) is 8.14. The number of carbonyl (C=O) groups is 1. The van der Waals surface area contributed by atoms with Crippen molar-refractivity contribution in [2.24, 2.45) is 0 Å². The second-order valence-electron chi connectivity index (χ2n) is 5.78. The van der Waals surface area contributed by atoms with Gasteiger partial charge in [-0.2, -0.15) is 0 Å². The molecule has 0 radical (unpaired) electrons. The second kappa shape index (κ2) is 8.13. The molecule has 0 atom stereocenters. The SMILES string of the molecule is O=C(NCCN1CCN(c2cccc(Cl)c2)CC1)c1ccccn1.